The molecule has 0 aliphatic carbocycles. The van der Waals surface area contributed by atoms with Gasteiger partial charge in [-0.2, -0.15) is 0 Å². The quantitative estimate of drug-likeness (QED) is 0.477. The Hall–Kier alpha value is -3.33. The summed E-state index contributed by atoms with van der Waals surface area (Å²) in [6.07, 6.45) is 0. The van der Waals surface area contributed by atoms with Gasteiger partial charge in [-0.3, -0.25) is 4.90 Å². The van der Waals surface area contributed by atoms with E-state index in [4.69, 9.17) is 11.6 Å². The number of aromatic hydroxyl groups is 1. The van der Waals surface area contributed by atoms with Gasteiger partial charge in [0.05, 0.1) is 17.3 Å². The molecule has 2 aliphatic heterocycles. The number of halogens is 2. The number of hydrogen-bond acceptors (Lipinski definition) is 5. The smallest absolute Gasteiger partial charge is 0.324 e. The molecule has 0 radical (unpaired) electrons. The van der Waals surface area contributed by atoms with E-state index in [2.05, 4.69) is 10.2 Å². The average Bonchev–Trinajstić information content (AvgIpc) is 3.23. The van der Waals surface area contributed by atoms with Gasteiger partial charge in [-0.15, -0.1) is 0 Å². The molecule has 2 saturated heterocycles. The highest BCUT2D eigenvalue weighted by atomic mass is 35.5. The van der Waals surface area contributed by atoms with Crippen LogP contribution in [0.25, 0.3) is 22.3 Å². The molecule has 7 nitrogen and oxygen atoms in total. The van der Waals surface area contributed by atoms with Crippen LogP contribution in [0.2, 0.25) is 5.02 Å². The van der Waals surface area contributed by atoms with Crippen molar-refractivity contribution >= 4 is 29.0 Å². The number of urea groups is 1. The molecular weight excluding hydrogens is 483 g/mol. The summed E-state index contributed by atoms with van der Waals surface area (Å²) in [6.45, 7) is 4.27. The van der Waals surface area contributed by atoms with Crippen molar-refractivity contribution in [3.05, 3.63) is 64.9 Å². The Morgan fingerprint density at radius 3 is 2.22 bits per heavy atom. The number of rotatable bonds is 5. The molecule has 3 aromatic rings. The summed E-state index contributed by atoms with van der Waals surface area (Å²) in [4.78, 5) is 17.8. The Morgan fingerprint density at radius 1 is 0.944 bits per heavy atom. The molecule has 3 aromatic carbocycles. The maximum Gasteiger partial charge on any atom is 0.324 e. The number of nitrogens with zero attached hydrogens (tertiary/aromatic N) is 3. The summed E-state index contributed by atoms with van der Waals surface area (Å²) in [5.74, 6) is -0.565. The highest BCUT2D eigenvalue weighted by molar-refractivity contribution is 6.34. The minimum Gasteiger partial charge on any atom is -0.507 e. The van der Waals surface area contributed by atoms with Crippen molar-refractivity contribution in [2.24, 2.45) is 0 Å². The molecule has 0 atom stereocenters. The van der Waals surface area contributed by atoms with Crippen LogP contribution in [0.1, 0.15) is 5.56 Å². The van der Waals surface area contributed by atoms with Crippen LogP contribution >= 0.6 is 11.6 Å². The number of piperazine rings is 1. The number of phenols is 1. The molecule has 0 bridgehead atoms. The van der Waals surface area contributed by atoms with Crippen molar-refractivity contribution in [3.63, 3.8) is 0 Å². The molecular formula is C27H28ClFN4O3. The van der Waals surface area contributed by atoms with Gasteiger partial charge >= 0.3 is 6.03 Å². The van der Waals surface area contributed by atoms with Crippen LogP contribution in [0.4, 0.5) is 20.6 Å². The lowest BCUT2D eigenvalue weighted by Gasteiger charge is -2.31. The minimum absolute atomic E-state index is 0.0693. The molecule has 5 rings (SSSR count). The van der Waals surface area contributed by atoms with Crippen LogP contribution in [0, 0.1) is 5.82 Å². The number of hydrogen-bond donors (Lipinski definition) is 3. The van der Waals surface area contributed by atoms with E-state index in [1.165, 1.54) is 12.1 Å². The van der Waals surface area contributed by atoms with Crippen molar-refractivity contribution in [1.29, 1.82) is 0 Å². The number of carbonyl (C=O) groups excluding carboxylic acids is 1. The van der Waals surface area contributed by atoms with E-state index in [1.54, 1.807) is 41.1 Å². The first-order chi connectivity index (χ1) is 17.4. The average molecular weight is 511 g/mol. The fraction of sp³-hybridized carbons (Fsp3) is 0.296. The standard InChI is InChI=1S/C27H28ClFN4O3/c1-31-10-11-33(27(31)36)24-5-4-17(12-23(24)28)21-14-20(29)15-22(26(21)35)18-2-3-19(16-34)25(13-18)32-8-6-30-7-9-32/h2-5,12-15,30,34-35H,6-11,16H2,1H3. The highest BCUT2D eigenvalue weighted by Crippen LogP contribution is 2.42. The van der Waals surface area contributed by atoms with Crippen LogP contribution in [0.5, 0.6) is 5.75 Å². The molecule has 36 heavy (non-hydrogen) atoms. The maximum atomic E-state index is 14.8. The highest BCUT2D eigenvalue weighted by Gasteiger charge is 2.28. The number of anilines is 2. The zero-order valence-electron chi connectivity index (χ0n) is 20.0. The van der Waals surface area contributed by atoms with Gasteiger partial charge in [0.25, 0.3) is 0 Å². The molecule has 0 saturated carbocycles. The lowest BCUT2D eigenvalue weighted by Crippen LogP contribution is -2.43. The van der Waals surface area contributed by atoms with Crippen molar-refractivity contribution in [1.82, 2.24) is 10.2 Å². The largest absolute Gasteiger partial charge is 0.507 e. The monoisotopic (exact) mass is 510 g/mol. The summed E-state index contributed by atoms with van der Waals surface area (Å²) in [6, 6.07) is 13.0. The van der Waals surface area contributed by atoms with Gasteiger partial charge in [-0.1, -0.05) is 29.8 Å². The number of amides is 2. The van der Waals surface area contributed by atoms with Gasteiger partial charge in [0.1, 0.15) is 11.6 Å². The fourth-order valence-corrected chi connectivity index (χ4v) is 5.15. The molecule has 0 aromatic heterocycles. The van der Waals surface area contributed by atoms with Gasteiger partial charge in [0.2, 0.25) is 0 Å². The molecule has 0 unspecified atom stereocenters. The summed E-state index contributed by atoms with van der Waals surface area (Å²) in [7, 11) is 1.73. The number of aliphatic hydroxyl groups is 1. The third-order valence-electron chi connectivity index (χ3n) is 6.86. The zero-order valence-corrected chi connectivity index (χ0v) is 20.7. The fourth-order valence-electron chi connectivity index (χ4n) is 4.87. The van der Waals surface area contributed by atoms with Gasteiger partial charge in [-0.25, -0.2) is 9.18 Å². The van der Waals surface area contributed by atoms with Gasteiger partial charge < -0.3 is 25.3 Å². The maximum absolute atomic E-state index is 14.8. The van der Waals surface area contributed by atoms with Crippen molar-refractivity contribution in [3.8, 4) is 28.0 Å². The van der Waals surface area contributed by atoms with Crippen LogP contribution in [0.3, 0.4) is 0 Å². The number of carbonyl (C=O) groups is 1. The van der Waals surface area contributed by atoms with E-state index in [1.807, 2.05) is 12.1 Å². The third kappa shape index (κ3) is 4.48. The van der Waals surface area contributed by atoms with Crippen molar-refractivity contribution in [2.75, 3.05) is 56.1 Å². The van der Waals surface area contributed by atoms with Crippen molar-refractivity contribution in [2.45, 2.75) is 6.61 Å². The number of aliphatic hydroxyl groups excluding tert-OH is 1. The number of nitrogens with one attached hydrogen (secondary N) is 1. The van der Waals surface area contributed by atoms with Gasteiger partial charge in [0.15, 0.2) is 0 Å². The molecule has 2 fully saturated rings. The zero-order chi connectivity index (χ0) is 25.4. The normalized spacial score (nSPS) is 16.2. The SMILES string of the molecule is CN1CCN(c2ccc(-c3cc(F)cc(-c4ccc(CO)c(N5CCNCC5)c4)c3O)cc2Cl)C1=O. The third-order valence-corrected chi connectivity index (χ3v) is 7.17. The Kier molecular flexibility index (Phi) is 6.75. The van der Waals surface area contributed by atoms with Crippen LogP contribution < -0.4 is 15.1 Å². The van der Waals surface area contributed by atoms with Crippen LogP contribution in [-0.4, -0.2) is 67.5 Å². The van der Waals surface area contributed by atoms with Crippen LogP contribution in [0.15, 0.2) is 48.5 Å². The Bertz CT molecular complexity index is 1310. The number of benzene rings is 3. The summed E-state index contributed by atoms with van der Waals surface area (Å²) < 4.78 is 14.8. The first kappa shape index (κ1) is 24.4. The van der Waals surface area contributed by atoms with E-state index in [0.29, 0.717) is 46.1 Å². The number of phenolic OH excluding ortho intramolecular Hbond substituents is 1. The minimum atomic E-state index is -0.496. The van der Waals surface area contributed by atoms with E-state index in [0.717, 1.165) is 37.4 Å². The Labute approximate surface area is 214 Å². The molecule has 188 valence electrons. The van der Waals surface area contributed by atoms with E-state index < -0.39 is 5.82 Å². The predicted molar refractivity (Wildman–Crippen MR) is 140 cm³/mol. The Morgan fingerprint density at radius 2 is 1.61 bits per heavy atom. The molecule has 0 spiro atoms. The number of likely N-dealkylation sites (N-methyl/N-ethyl adjacent to an activating group) is 1. The second-order valence-corrected chi connectivity index (χ2v) is 9.52. The van der Waals surface area contributed by atoms with Crippen LogP contribution in [-0.2, 0) is 6.61 Å². The summed E-state index contributed by atoms with van der Waals surface area (Å²) in [5, 5.41) is 24.8. The lowest BCUT2D eigenvalue weighted by atomic mass is 9.95. The molecule has 3 N–H and O–H groups in total. The second-order valence-electron chi connectivity index (χ2n) is 9.11. The lowest BCUT2D eigenvalue weighted by molar-refractivity contribution is 0.229. The molecule has 9 heteroatoms. The molecule has 2 aliphatic rings. The molecule has 2 amide bonds. The summed E-state index contributed by atoms with van der Waals surface area (Å²) >= 11 is 6.54. The summed E-state index contributed by atoms with van der Waals surface area (Å²) in [5.41, 5.74) is 4.06. The van der Waals surface area contributed by atoms with E-state index in [9.17, 15) is 19.4 Å². The van der Waals surface area contributed by atoms with Crippen molar-refractivity contribution < 1.29 is 19.4 Å². The van der Waals surface area contributed by atoms with Gasteiger partial charge in [0, 0.05) is 68.7 Å². The predicted octanol–water partition coefficient (Wildman–Crippen LogP) is 4.29. The first-order valence-electron chi connectivity index (χ1n) is 11.9. The van der Waals surface area contributed by atoms with E-state index in [-0.39, 0.29) is 18.4 Å². The van der Waals surface area contributed by atoms with E-state index >= 15 is 0 Å². The molecule has 2 heterocycles. The Balaban J connectivity index is 1.54. The first-order valence-corrected chi connectivity index (χ1v) is 12.3. The second kappa shape index (κ2) is 9.97. The van der Waals surface area contributed by atoms with Gasteiger partial charge in [-0.05, 0) is 41.5 Å². The topological polar surface area (TPSA) is 79.3 Å².